The molecule has 1 aliphatic rings. The standard InChI is InChI=1S/C23H23F4N/c1-2-3-4-5-6-14-9-20(25)22(21(26)10-14)15-7-8-17-16(11-15)12-19(24)18(13-28)23(17)27/h9-10,12,15H,2-8,11H2,1H3. The number of nitrogens with zero attached hydrogens (tertiary/aromatic N) is 1. The van der Waals surface area contributed by atoms with Gasteiger partial charge in [-0.25, -0.2) is 17.6 Å². The van der Waals surface area contributed by atoms with E-state index in [-0.39, 0.29) is 24.0 Å². The van der Waals surface area contributed by atoms with Crippen molar-refractivity contribution in [3.05, 3.63) is 69.3 Å². The van der Waals surface area contributed by atoms with Crippen molar-refractivity contribution in [3.8, 4) is 6.07 Å². The zero-order valence-corrected chi connectivity index (χ0v) is 15.9. The molecule has 0 aromatic heterocycles. The maximum atomic E-state index is 14.7. The van der Waals surface area contributed by atoms with Crippen molar-refractivity contribution >= 4 is 0 Å². The molecule has 1 aliphatic carbocycles. The van der Waals surface area contributed by atoms with Crippen molar-refractivity contribution in [2.75, 3.05) is 0 Å². The van der Waals surface area contributed by atoms with Crippen LogP contribution >= 0.6 is 0 Å². The Bertz CT molecular complexity index is 891. The number of rotatable bonds is 6. The van der Waals surface area contributed by atoms with E-state index in [1.807, 2.05) is 0 Å². The van der Waals surface area contributed by atoms with E-state index in [0.717, 1.165) is 31.7 Å². The van der Waals surface area contributed by atoms with E-state index < -0.39 is 34.8 Å². The Morgan fingerprint density at radius 3 is 2.36 bits per heavy atom. The van der Waals surface area contributed by atoms with Crippen LogP contribution in [0.2, 0.25) is 0 Å². The van der Waals surface area contributed by atoms with Gasteiger partial charge in [-0.05, 0) is 72.9 Å². The van der Waals surface area contributed by atoms with Crippen molar-refractivity contribution in [2.45, 2.75) is 64.2 Å². The smallest absolute Gasteiger partial charge is 0.147 e. The quantitative estimate of drug-likeness (QED) is 0.408. The minimum Gasteiger partial charge on any atom is -0.207 e. The van der Waals surface area contributed by atoms with Crippen molar-refractivity contribution in [1.29, 1.82) is 5.26 Å². The van der Waals surface area contributed by atoms with Gasteiger partial charge < -0.3 is 0 Å². The Labute approximate surface area is 163 Å². The summed E-state index contributed by atoms with van der Waals surface area (Å²) in [5.74, 6) is -3.43. The van der Waals surface area contributed by atoms with Crippen LogP contribution in [0.4, 0.5) is 17.6 Å². The number of aryl methyl sites for hydroxylation is 1. The molecule has 1 unspecified atom stereocenters. The second kappa shape index (κ2) is 8.77. The summed E-state index contributed by atoms with van der Waals surface area (Å²) in [7, 11) is 0. The van der Waals surface area contributed by atoms with Gasteiger partial charge in [-0.15, -0.1) is 0 Å². The third-order valence-electron chi connectivity index (χ3n) is 5.60. The lowest BCUT2D eigenvalue weighted by Crippen LogP contribution is -2.18. The molecular formula is C23H23F4N. The SMILES string of the molecule is CCCCCCc1cc(F)c(C2CCc3c(cc(F)c(C#N)c3F)C2)c(F)c1. The van der Waals surface area contributed by atoms with E-state index in [1.54, 1.807) is 0 Å². The monoisotopic (exact) mass is 389 g/mol. The number of halogens is 4. The fourth-order valence-electron chi connectivity index (χ4n) is 4.12. The van der Waals surface area contributed by atoms with Crippen molar-refractivity contribution in [2.24, 2.45) is 0 Å². The molecule has 2 aromatic carbocycles. The Kier molecular flexibility index (Phi) is 6.39. The summed E-state index contributed by atoms with van der Waals surface area (Å²) in [6, 6.07) is 5.44. The van der Waals surface area contributed by atoms with Gasteiger partial charge in [-0.1, -0.05) is 26.2 Å². The molecule has 0 saturated carbocycles. The number of nitriles is 1. The zero-order chi connectivity index (χ0) is 20.3. The molecule has 3 rings (SSSR count). The van der Waals surface area contributed by atoms with Crippen molar-refractivity contribution in [1.82, 2.24) is 0 Å². The molecule has 5 heteroatoms. The van der Waals surface area contributed by atoms with Gasteiger partial charge in [0.15, 0.2) is 0 Å². The molecule has 0 fully saturated rings. The topological polar surface area (TPSA) is 23.8 Å². The Hall–Kier alpha value is -2.35. The molecule has 1 nitrogen and oxygen atoms in total. The summed E-state index contributed by atoms with van der Waals surface area (Å²) >= 11 is 0. The van der Waals surface area contributed by atoms with E-state index in [9.17, 15) is 17.6 Å². The molecule has 28 heavy (non-hydrogen) atoms. The fourth-order valence-corrected chi connectivity index (χ4v) is 4.12. The number of hydrogen-bond donors (Lipinski definition) is 0. The van der Waals surface area contributed by atoms with Gasteiger partial charge in [0.1, 0.15) is 34.9 Å². The third kappa shape index (κ3) is 4.06. The van der Waals surface area contributed by atoms with Crippen molar-refractivity contribution in [3.63, 3.8) is 0 Å². The Balaban J connectivity index is 1.83. The van der Waals surface area contributed by atoms with Gasteiger partial charge in [-0.3, -0.25) is 0 Å². The molecule has 1 atom stereocenters. The minimum absolute atomic E-state index is 0.00636. The van der Waals surface area contributed by atoms with Gasteiger partial charge in [0.2, 0.25) is 0 Å². The summed E-state index contributed by atoms with van der Waals surface area (Å²) < 4.78 is 57.6. The first kappa shape index (κ1) is 20.4. The van der Waals surface area contributed by atoms with E-state index >= 15 is 0 Å². The summed E-state index contributed by atoms with van der Waals surface area (Å²) in [6.07, 6.45) is 5.48. The van der Waals surface area contributed by atoms with E-state index in [0.29, 0.717) is 24.0 Å². The number of hydrogen-bond acceptors (Lipinski definition) is 1. The first-order valence-corrected chi connectivity index (χ1v) is 9.83. The highest BCUT2D eigenvalue weighted by atomic mass is 19.1. The summed E-state index contributed by atoms with van der Waals surface area (Å²) in [5, 5.41) is 8.89. The van der Waals surface area contributed by atoms with Gasteiger partial charge in [0.25, 0.3) is 0 Å². The van der Waals surface area contributed by atoms with Gasteiger partial charge in [0.05, 0.1) is 0 Å². The predicted octanol–water partition coefficient (Wildman–Crippen LogP) is 6.51. The number of benzene rings is 2. The lowest BCUT2D eigenvalue weighted by atomic mass is 9.78. The Morgan fingerprint density at radius 1 is 1.00 bits per heavy atom. The van der Waals surface area contributed by atoms with Crippen LogP contribution in [0.3, 0.4) is 0 Å². The molecule has 0 amide bonds. The normalized spacial score (nSPS) is 15.9. The molecule has 0 heterocycles. The molecule has 0 N–H and O–H groups in total. The fraction of sp³-hybridized carbons (Fsp3) is 0.435. The molecule has 0 spiro atoms. The first-order chi connectivity index (χ1) is 13.5. The molecule has 0 radical (unpaired) electrons. The summed E-state index contributed by atoms with van der Waals surface area (Å²) in [5.41, 5.74) is 0.701. The highest BCUT2D eigenvalue weighted by molar-refractivity contribution is 5.44. The van der Waals surface area contributed by atoms with Crippen LogP contribution in [0, 0.1) is 34.6 Å². The largest absolute Gasteiger partial charge is 0.207 e. The van der Waals surface area contributed by atoms with Gasteiger partial charge >= 0.3 is 0 Å². The molecule has 0 saturated heterocycles. The molecule has 0 aliphatic heterocycles. The second-order valence-electron chi connectivity index (χ2n) is 7.52. The van der Waals surface area contributed by atoms with Crippen LogP contribution in [-0.4, -0.2) is 0 Å². The second-order valence-corrected chi connectivity index (χ2v) is 7.52. The summed E-state index contributed by atoms with van der Waals surface area (Å²) in [6.45, 7) is 2.11. The van der Waals surface area contributed by atoms with Gasteiger partial charge in [0, 0.05) is 5.56 Å². The first-order valence-electron chi connectivity index (χ1n) is 9.83. The van der Waals surface area contributed by atoms with Crippen LogP contribution in [0.25, 0.3) is 0 Å². The highest BCUT2D eigenvalue weighted by Gasteiger charge is 2.29. The maximum absolute atomic E-state index is 14.7. The molecular weight excluding hydrogens is 366 g/mol. The average Bonchev–Trinajstić information content (AvgIpc) is 2.65. The molecule has 2 aromatic rings. The Morgan fingerprint density at radius 2 is 1.71 bits per heavy atom. The molecule has 148 valence electrons. The van der Waals surface area contributed by atoms with Gasteiger partial charge in [-0.2, -0.15) is 5.26 Å². The number of fused-ring (bicyclic) bond motifs is 1. The lowest BCUT2D eigenvalue weighted by molar-refractivity contribution is 0.475. The number of unbranched alkanes of at least 4 members (excludes halogenated alkanes) is 3. The minimum atomic E-state index is -0.928. The van der Waals surface area contributed by atoms with Crippen molar-refractivity contribution < 1.29 is 17.6 Å². The van der Waals surface area contributed by atoms with E-state index in [1.165, 1.54) is 18.2 Å². The van der Waals surface area contributed by atoms with E-state index in [2.05, 4.69) is 6.92 Å². The highest BCUT2D eigenvalue weighted by Crippen LogP contribution is 2.37. The van der Waals surface area contributed by atoms with Crippen LogP contribution in [0.5, 0.6) is 0 Å². The van der Waals surface area contributed by atoms with Crippen LogP contribution in [0.1, 0.15) is 72.8 Å². The molecule has 0 bridgehead atoms. The summed E-state index contributed by atoms with van der Waals surface area (Å²) in [4.78, 5) is 0. The predicted molar refractivity (Wildman–Crippen MR) is 100 cm³/mol. The van der Waals surface area contributed by atoms with Crippen LogP contribution < -0.4 is 0 Å². The van der Waals surface area contributed by atoms with E-state index in [4.69, 9.17) is 5.26 Å². The average molecular weight is 389 g/mol. The third-order valence-corrected chi connectivity index (χ3v) is 5.60. The lowest BCUT2D eigenvalue weighted by Gasteiger charge is -2.26. The maximum Gasteiger partial charge on any atom is 0.147 e. The van der Waals surface area contributed by atoms with Crippen LogP contribution in [-0.2, 0) is 19.3 Å². The van der Waals surface area contributed by atoms with Crippen LogP contribution in [0.15, 0.2) is 18.2 Å². The zero-order valence-electron chi connectivity index (χ0n) is 15.9.